The van der Waals surface area contributed by atoms with Crippen molar-refractivity contribution in [2.75, 3.05) is 0 Å². The fourth-order valence-electron chi connectivity index (χ4n) is 1.35. The molecule has 0 heterocycles. The number of rotatable bonds is 1. The quantitative estimate of drug-likeness (QED) is 0.567. The number of halogens is 3. The molecule has 14 heavy (non-hydrogen) atoms. The molecule has 0 aromatic rings. The van der Waals surface area contributed by atoms with Gasteiger partial charge < -0.3 is 5.32 Å². The molecule has 5 heteroatoms. The van der Waals surface area contributed by atoms with E-state index in [1.807, 2.05) is 6.08 Å². The van der Waals surface area contributed by atoms with Gasteiger partial charge in [0.15, 0.2) is 0 Å². The Morgan fingerprint density at radius 3 is 2.71 bits per heavy atom. The van der Waals surface area contributed by atoms with Gasteiger partial charge in [-0.1, -0.05) is 53.4 Å². The number of hydrogen-bond acceptors (Lipinski definition) is 1. The van der Waals surface area contributed by atoms with Gasteiger partial charge in [0, 0.05) is 6.04 Å². The average molecular weight is 257 g/mol. The van der Waals surface area contributed by atoms with E-state index in [9.17, 15) is 4.79 Å². The lowest BCUT2D eigenvalue weighted by molar-refractivity contribution is -0.120. The van der Waals surface area contributed by atoms with E-state index in [4.69, 9.17) is 34.8 Å². The lowest BCUT2D eigenvalue weighted by atomic mass is 10.1. The van der Waals surface area contributed by atoms with E-state index in [0.717, 1.165) is 25.7 Å². The maximum absolute atomic E-state index is 11.3. The number of alkyl halides is 3. The summed E-state index contributed by atoms with van der Waals surface area (Å²) in [5, 5.41) is 2.68. The number of nitrogens with one attached hydrogen (secondary N) is 1. The van der Waals surface area contributed by atoms with Crippen LogP contribution in [0, 0.1) is 0 Å². The van der Waals surface area contributed by atoms with Crippen LogP contribution in [-0.4, -0.2) is 15.7 Å². The standard InChI is InChI=1S/C9H12Cl3NO/c10-9(11,12)8(14)13-7-5-3-1-2-4-6-7/h3,5,7H,1-2,4,6H2,(H,13,14)/t7-/m0/s1. The van der Waals surface area contributed by atoms with Gasteiger partial charge in [-0.15, -0.1) is 0 Å². The third-order valence-corrected chi connectivity index (χ3v) is 2.59. The van der Waals surface area contributed by atoms with Crippen LogP contribution in [0.2, 0.25) is 0 Å². The van der Waals surface area contributed by atoms with Gasteiger partial charge in [0.1, 0.15) is 0 Å². The Balaban J connectivity index is 2.46. The van der Waals surface area contributed by atoms with Crippen molar-refractivity contribution in [2.45, 2.75) is 35.5 Å². The predicted molar refractivity (Wildman–Crippen MR) is 59.8 cm³/mol. The van der Waals surface area contributed by atoms with Crippen LogP contribution < -0.4 is 5.32 Å². The van der Waals surface area contributed by atoms with Gasteiger partial charge in [0.2, 0.25) is 0 Å². The molecule has 1 amide bonds. The first-order valence-corrected chi connectivity index (χ1v) is 5.68. The van der Waals surface area contributed by atoms with Crippen LogP contribution in [0.3, 0.4) is 0 Å². The van der Waals surface area contributed by atoms with E-state index in [1.165, 1.54) is 0 Å². The first-order valence-electron chi connectivity index (χ1n) is 4.54. The first-order chi connectivity index (χ1) is 6.50. The molecule has 1 atom stereocenters. The van der Waals surface area contributed by atoms with Crippen molar-refractivity contribution in [1.82, 2.24) is 5.32 Å². The number of carbonyl (C=O) groups excluding carboxylic acids is 1. The van der Waals surface area contributed by atoms with E-state index < -0.39 is 9.70 Å². The minimum atomic E-state index is -1.86. The van der Waals surface area contributed by atoms with Gasteiger partial charge in [0.05, 0.1) is 0 Å². The summed E-state index contributed by atoms with van der Waals surface area (Å²) in [6, 6.07) is 0.000579. The minimum Gasteiger partial charge on any atom is -0.346 e. The van der Waals surface area contributed by atoms with Crippen molar-refractivity contribution in [3.63, 3.8) is 0 Å². The highest BCUT2D eigenvalue weighted by atomic mass is 35.6. The van der Waals surface area contributed by atoms with Gasteiger partial charge in [-0.25, -0.2) is 0 Å². The smallest absolute Gasteiger partial charge is 0.272 e. The van der Waals surface area contributed by atoms with E-state index in [0.29, 0.717) is 0 Å². The highest BCUT2D eigenvalue weighted by Gasteiger charge is 2.31. The summed E-state index contributed by atoms with van der Waals surface area (Å²) < 4.78 is -1.86. The highest BCUT2D eigenvalue weighted by molar-refractivity contribution is 6.76. The molecule has 1 N–H and O–H groups in total. The Morgan fingerprint density at radius 2 is 2.07 bits per heavy atom. The van der Waals surface area contributed by atoms with E-state index in [-0.39, 0.29) is 6.04 Å². The number of carbonyl (C=O) groups is 1. The Hall–Kier alpha value is 0.0800. The molecule has 0 radical (unpaired) electrons. The van der Waals surface area contributed by atoms with Crippen molar-refractivity contribution < 1.29 is 4.79 Å². The van der Waals surface area contributed by atoms with Crippen LogP contribution >= 0.6 is 34.8 Å². The van der Waals surface area contributed by atoms with Crippen molar-refractivity contribution in [2.24, 2.45) is 0 Å². The predicted octanol–water partition coefficient (Wildman–Crippen LogP) is 2.97. The van der Waals surface area contributed by atoms with Gasteiger partial charge in [-0.05, 0) is 19.3 Å². The average Bonchev–Trinajstić information content (AvgIpc) is 2.31. The monoisotopic (exact) mass is 255 g/mol. The Morgan fingerprint density at radius 1 is 1.36 bits per heavy atom. The molecular formula is C9H12Cl3NO. The molecular weight excluding hydrogens is 244 g/mol. The maximum atomic E-state index is 11.3. The summed E-state index contributed by atoms with van der Waals surface area (Å²) >= 11 is 16.3. The second kappa shape index (κ2) is 5.24. The third-order valence-electron chi connectivity index (χ3n) is 2.08. The zero-order chi connectivity index (χ0) is 10.6. The molecule has 80 valence electrons. The van der Waals surface area contributed by atoms with E-state index >= 15 is 0 Å². The van der Waals surface area contributed by atoms with Crippen LogP contribution in [0.25, 0.3) is 0 Å². The molecule has 1 rings (SSSR count). The molecule has 0 aliphatic heterocycles. The second-order valence-corrected chi connectivity index (χ2v) is 5.57. The molecule has 0 fully saturated rings. The summed E-state index contributed by atoms with van der Waals surface area (Å²) in [5.74, 6) is -0.556. The van der Waals surface area contributed by atoms with Crippen LogP contribution in [0.4, 0.5) is 0 Å². The molecule has 1 aliphatic carbocycles. The number of hydrogen-bond donors (Lipinski definition) is 1. The van der Waals surface area contributed by atoms with Gasteiger partial charge in [0.25, 0.3) is 9.70 Å². The molecule has 2 nitrogen and oxygen atoms in total. The third kappa shape index (κ3) is 4.07. The molecule has 0 aromatic carbocycles. The summed E-state index contributed by atoms with van der Waals surface area (Å²) in [6.07, 6.45) is 8.20. The fraction of sp³-hybridized carbons (Fsp3) is 0.667. The van der Waals surface area contributed by atoms with Crippen LogP contribution in [0.5, 0.6) is 0 Å². The first kappa shape index (κ1) is 12.2. The number of amides is 1. The molecule has 0 saturated carbocycles. The molecule has 0 saturated heterocycles. The topological polar surface area (TPSA) is 29.1 Å². The van der Waals surface area contributed by atoms with Crippen LogP contribution in [-0.2, 0) is 4.79 Å². The van der Waals surface area contributed by atoms with Crippen molar-refractivity contribution in [3.8, 4) is 0 Å². The Kier molecular flexibility index (Phi) is 4.55. The Labute approximate surface area is 98.6 Å². The molecule has 1 aliphatic rings. The fourth-order valence-corrected chi connectivity index (χ4v) is 1.52. The van der Waals surface area contributed by atoms with Crippen LogP contribution in [0.1, 0.15) is 25.7 Å². The largest absolute Gasteiger partial charge is 0.346 e. The van der Waals surface area contributed by atoms with Gasteiger partial charge in [-0.3, -0.25) is 4.79 Å². The lowest BCUT2D eigenvalue weighted by Gasteiger charge is -2.17. The zero-order valence-electron chi connectivity index (χ0n) is 7.60. The van der Waals surface area contributed by atoms with Crippen molar-refractivity contribution in [3.05, 3.63) is 12.2 Å². The van der Waals surface area contributed by atoms with E-state index in [1.54, 1.807) is 0 Å². The molecule has 0 aromatic heterocycles. The molecule has 0 bridgehead atoms. The van der Waals surface area contributed by atoms with E-state index in [2.05, 4.69) is 11.4 Å². The maximum Gasteiger partial charge on any atom is 0.272 e. The van der Waals surface area contributed by atoms with Gasteiger partial charge >= 0.3 is 0 Å². The summed E-state index contributed by atoms with van der Waals surface area (Å²) in [4.78, 5) is 11.3. The summed E-state index contributed by atoms with van der Waals surface area (Å²) in [5.41, 5.74) is 0. The highest BCUT2D eigenvalue weighted by Crippen LogP contribution is 2.26. The van der Waals surface area contributed by atoms with Gasteiger partial charge in [-0.2, -0.15) is 0 Å². The Bertz CT molecular complexity index is 235. The summed E-state index contributed by atoms with van der Waals surface area (Å²) in [7, 11) is 0. The second-order valence-electron chi connectivity index (χ2n) is 3.29. The minimum absolute atomic E-state index is 0.000579. The number of allylic oxidation sites excluding steroid dienone is 1. The van der Waals surface area contributed by atoms with Crippen molar-refractivity contribution >= 4 is 40.7 Å². The molecule has 0 unspecified atom stereocenters. The lowest BCUT2D eigenvalue weighted by Crippen LogP contribution is -2.40. The zero-order valence-corrected chi connectivity index (χ0v) is 9.87. The normalized spacial score (nSPS) is 22.9. The SMILES string of the molecule is O=C(N[C@H]1C=CCCCC1)C(Cl)(Cl)Cl. The van der Waals surface area contributed by atoms with Crippen LogP contribution in [0.15, 0.2) is 12.2 Å². The van der Waals surface area contributed by atoms with Crippen molar-refractivity contribution in [1.29, 1.82) is 0 Å². The molecule has 0 spiro atoms. The summed E-state index contributed by atoms with van der Waals surface area (Å²) in [6.45, 7) is 0.